The van der Waals surface area contributed by atoms with Crippen molar-refractivity contribution in [3.05, 3.63) is 66.4 Å². The van der Waals surface area contributed by atoms with E-state index >= 15 is 0 Å². The van der Waals surface area contributed by atoms with Gasteiger partial charge in [0.1, 0.15) is 6.26 Å². The molecule has 152 valence electrons. The summed E-state index contributed by atoms with van der Waals surface area (Å²) in [4.78, 5) is 17.1. The lowest BCUT2D eigenvalue weighted by Crippen LogP contribution is -2.17. The standard InChI is InChI=1S/C20H18F2N2O5/c1-2-28-18-9-16(7-8-17(18)29-20(21)22)24(10-14-11-27-12-23-14)15-5-3-13(4-6-15)19(25)26/h3-9,11-12,20H,2,10H2,1H3,(H,25,26). The summed E-state index contributed by atoms with van der Waals surface area (Å²) >= 11 is 0. The van der Waals surface area contributed by atoms with Gasteiger partial charge in [-0.15, -0.1) is 0 Å². The molecule has 1 heterocycles. The number of hydrogen-bond acceptors (Lipinski definition) is 6. The predicted octanol–water partition coefficient (Wildman–Crippen LogP) is 4.71. The molecule has 0 unspecified atom stereocenters. The molecule has 0 atom stereocenters. The van der Waals surface area contributed by atoms with Crippen LogP contribution in [0.2, 0.25) is 0 Å². The second-order valence-electron chi connectivity index (χ2n) is 5.86. The molecule has 1 aromatic heterocycles. The highest BCUT2D eigenvalue weighted by Gasteiger charge is 2.17. The summed E-state index contributed by atoms with van der Waals surface area (Å²) in [5, 5.41) is 9.11. The summed E-state index contributed by atoms with van der Waals surface area (Å²) in [5.41, 5.74) is 2.05. The Hall–Kier alpha value is -3.62. The molecular weight excluding hydrogens is 386 g/mol. The summed E-state index contributed by atoms with van der Waals surface area (Å²) in [6.45, 7) is -0.686. The van der Waals surface area contributed by atoms with E-state index in [4.69, 9.17) is 14.3 Å². The zero-order valence-electron chi connectivity index (χ0n) is 15.4. The van der Waals surface area contributed by atoms with Gasteiger partial charge in [-0.3, -0.25) is 0 Å². The quantitative estimate of drug-likeness (QED) is 0.553. The predicted molar refractivity (Wildman–Crippen MR) is 100.0 cm³/mol. The zero-order chi connectivity index (χ0) is 20.8. The maximum absolute atomic E-state index is 12.7. The van der Waals surface area contributed by atoms with E-state index < -0.39 is 12.6 Å². The van der Waals surface area contributed by atoms with Gasteiger partial charge in [-0.2, -0.15) is 8.78 Å². The number of nitrogens with zero attached hydrogens (tertiary/aromatic N) is 2. The van der Waals surface area contributed by atoms with Crippen LogP contribution < -0.4 is 14.4 Å². The molecule has 0 saturated carbocycles. The summed E-state index contributed by atoms with van der Waals surface area (Å²) in [5.74, 6) is -0.947. The van der Waals surface area contributed by atoms with Crippen LogP contribution in [-0.2, 0) is 6.54 Å². The van der Waals surface area contributed by atoms with E-state index in [-0.39, 0.29) is 23.7 Å². The smallest absolute Gasteiger partial charge is 0.387 e. The second-order valence-corrected chi connectivity index (χ2v) is 5.86. The fraction of sp³-hybridized carbons (Fsp3) is 0.200. The summed E-state index contributed by atoms with van der Waals surface area (Å²) in [7, 11) is 0. The minimum absolute atomic E-state index is 0.0757. The number of ether oxygens (including phenoxy) is 2. The van der Waals surface area contributed by atoms with Crippen LogP contribution in [-0.4, -0.2) is 29.3 Å². The molecule has 2 aromatic carbocycles. The van der Waals surface area contributed by atoms with Crippen LogP contribution in [0.25, 0.3) is 0 Å². The molecule has 0 spiro atoms. The Bertz CT molecular complexity index is 946. The van der Waals surface area contributed by atoms with E-state index in [2.05, 4.69) is 9.72 Å². The third kappa shape index (κ3) is 5.01. The number of carbonyl (C=O) groups is 1. The third-order valence-electron chi connectivity index (χ3n) is 3.98. The SMILES string of the molecule is CCOc1cc(N(Cc2cocn2)c2ccc(C(=O)O)cc2)ccc1OC(F)F. The lowest BCUT2D eigenvalue weighted by molar-refractivity contribution is -0.0514. The van der Waals surface area contributed by atoms with Crippen molar-refractivity contribution in [2.24, 2.45) is 0 Å². The molecule has 0 fully saturated rings. The van der Waals surface area contributed by atoms with Gasteiger partial charge in [0, 0.05) is 17.4 Å². The zero-order valence-corrected chi connectivity index (χ0v) is 15.4. The number of carboxylic acid groups (broad SMARTS) is 1. The van der Waals surface area contributed by atoms with Crippen molar-refractivity contribution in [2.75, 3.05) is 11.5 Å². The topological polar surface area (TPSA) is 85.0 Å². The van der Waals surface area contributed by atoms with Gasteiger partial charge in [-0.1, -0.05) is 0 Å². The number of hydrogen-bond donors (Lipinski definition) is 1. The first-order valence-corrected chi connectivity index (χ1v) is 8.67. The molecule has 0 bridgehead atoms. The van der Waals surface area contributed by atoms with E-state index in [1.165, 1.54) is 30.9 Å². The lowest BCUT2D eigenvalue weighted by atomic mass is 10.1. The van der Waals surface area contributed by atoms with Crippen molar-refractivity contribution in [1.29, 1.82) is 0 Å². The Kier molecular flexibility index (Phi) is 6.28. The number of aromatic nitrogens is 1. The van der Waals surface area contributed by atoms with Gasteiger partial charge in [-0.25, -0.2) is 9.78 Å². The normalized spacial score (nSPS) is 10.8. The van der Waals surface area contributed by atoms with Crippen LogP contribution in [0, 0.1) is 0 Å². The molecular formula is C20H18F2N2O5. The molecule has 29 heavy (non-hydrogen) atoms. The van der Waals surface area contributed by atoms with Crippen LogP contribution in [0.1, 0.15) is 23.0 Å². The van der Waals surface area contributed by atoms with Gasteiger partial charge >= 0.3 is 12.6 Å². The number of rotatable bonds is 9. The van der Waals surface area contributed by atoms with Crippen LogP contribution >= 0.6 is 0 Å². The summed E-state index contributed by atoms with van der Waals surface area (Å²) in [6.07, 6.45) is 2.78. The highest BCUT2D eigenvalue weighted by Crippen LogP contribution is 2.36. The largest absolute Gasteiger partial charge is 0.490 e. The highest BCUT2D eigenvalue weighted by atomic mass is 19.3. The molecule has 3 aromatic rings. The highest BCUT2D eigenvalue weighted by molar-refractivity contribution is 5.88. The molecule has 1 N–H and O–H groups in total. The van der Waals surface area contributed by atoms with Gasteiger partial charge in [0.15, 0.2) is 17.9 Å². The van der Waals surface area contributed by atoms with E-state index in [1.807, 2.05) is 4.90 Å². The summed E-state index contributed by atoms with van der Waals surface area (Å²) < 4.78 is 40.3. The third-order valence-corrected chi connectivity index (χ3v) is 3.98. The number of anilines is 2. The molecule has 0 aliphatic carbocycles. The first-order chi connectivity index (χ1) is 14.0. The number of benzene rings is 2. The monoisotopic (exact) mass is 404 g/mol. The Labute approximate surface area is 165 Å². The molecule has 0 aliphatic heterocycles. The average Bonchev–Trinajstić information content (AvgIpc) is 3.21. The molecule has 0 amide bonds. The van der Waals surface area contributed by atoms with E-state index in [9.17, 15) is 13.6 Å². The maximum Gasteiger partial charge on any atom is 0.387 e. The minimum atomic E-state index is -2.98. The maximum atomic E-state index is 12.7. The Morgan fingerprint density at radius 1 is 1.17 bits per heavy atom. The van der Waals surface area contributed by atoms with E-state index in [0.29, 0.717) is 23.6 Å². The van der Waals surface area contributed by atoms with E-state index in [1.54, 1.807) is 31.2 Å². The first kappa shape index (κ1) is 20.1. The van der Waals surface area contributed by atoms with Crippen LogP contribution in [0.15, 0.2) is 59.5 Å². The second kappa shape index (κ2) is 9.05. The van der Waals surface area contributed by atoms with Gasteiger partial charge in [0.05, 0.1) is 24.4 Å². The molecule has 0 aliphatic rings. The molecule has 9 heteroatoms. The van der Waals surface area contributed by atoms with Gasteiger partial charge in [0.25, 0.3) is 0 Å². The minimum Gasteiger partial charge on any atom is -0.490 e. The number of aromatic carboxylic acids is 1. The number of alkyl halides is 2. The van der Waals surface area contributed by atoms with Crippen LogP contribution in [0.3, 0.4) is 0 Å². The van der Waals surface area contributed by atoms with Crippen molar-refractivity contribution in [3.63, 3.8) is 0 Å². The first-order valence-electron chi connectivity index (χ1n) is 8.67. The average molecular weight is 404 g/mol. The Balaban J connectivity index is 2.00. The van der Waals surface area contributed by atoms with Crippen LogP contribution in [0.5, 0.6) is 11.5 Å². The van der Waals surface area contributed by atoms with Crippen molar-refractivity contribution < 1.29 is 32.6 Å². The van der Waals surface area contributed by atoms with Crippen molar-refractivity contribution in [3.8, 4) is 11.5 Å². The molecule has 3 rings (SSSR count). The Morgan fingerprint density at radius 2 is 1.90 bits per heavy atom. The van der Waals surface area contributed by atoms with Gasteiger partial charge in [-0.05, 0) is 43.3 Å². The number of carboxylic acids is 1. The van der Waals surface area contributed by atoms with Gasteiger partial charge in [0.2, 0.25) is 0 Å². The molecule has 0 radical (unpaired) electrons. The van der Waals surface area contributed by atoms with Gasteiger partial charge < -0.3 is 23.9 Å². The molecule has 0 saturated heterocycles. The van der Waals surface area contributed by atoms with E-state index in [0.717, 1.165) is 0 Å². The Morgan fingerprint density at radius 3 is 2.48 bits per heavy atom. The number of oxazole rings is 1. The number of halogens is 2. The summed E-state index contributed by atoms with van der Waals surface area (Å²) in [6, 6.07) is 10.8. The fourth-order valence-electron chi connectivity index (χ4n) is 2.72. The molecule has 7 nitrogen and oxygen atoms in total. The lowest BCUT2D eigenvalue weighted by Gasteiger charge is -2.25. The van der Waals surface area contributed by atoms with Crippen molar-refractivity contribution >= 4 is 17.3 Å². The van der Waals surface area contributed by atoms with Crippen molar-refractivity contribution in [2.45, 2.75) is 20.1 Å². The van der Waals surface area contributed by atoms with Crippen LogP contribution in [0.4, 0.5) is 20.2 Å². The fourth-order valence-corrected chi connectivity index (χ4v) is 2.72. The van der Waals surface area contributed by atoms with Crippen molar-refractivity contribution in [1.82, 2.24) is 4.98 Å².